The summed E-state index contributed by atoms with van der Waals surface area (Å²) in [6.07, 6.45) is 0.125. The van der Waals surface area contributed by atoms with Crippen LogP contribution in [0.4, 0.5) is 0 Å². The Labute approximate surface area is 135 Å². The van der Waals surface area contributed by atoms with E-state index in [0.29, 0.717) is 0 Å². The molecule has 0 spiro atoms. The fourth-order valence-corrected chi connectivity index (χ4v) is 2.48. The van der Waals surface area contributed by atoms with Crippen molar-refractivity contribution in [2.24, 2.45) is 10.4 Å². The number of guanidine groups is 1. The summed E-state index contributed by atoms with van der Waals surface area (Å²) >= 11 is 0. The number of ether oxygens (including phenoxy) is 1. The molecule has 0 aromatic heterocycles. The molecule has 0 aliphatic heterocycles. The van der Waals surface area contributed by atoms with Crippen LogP contribution in [0.5, 0.6) is 0 Å². The molecule has 22 heavy (non-hydrogen) atoms. The van der Waals surface area contributed by atoms with E-state index >= 15 is 0 Å². The average molecular weight is 305 g/mol. The van der Waals surface area contributed by atoms with E-state index in [1.165, 1.54) is 11.1 Å². The van der Waals surface area contributed by atoms with Gasteiger partial charge in [0.15, 0.2) is 5.96 Å². The standard InChI is InChI=1S/C18H31N3O/c1-13-10-8-9-11-15(13)14(2)21-17(19-6)20-12-16(22-7)18(3,4)5/h8-11,14,16H,12H2,1-7H3,(H2,19,20,21). The fourth-order valence-electron chi connectivity index (χ4n) is 2.48. The molecule has 2 unspecified atom stereocenters. The van der Waals surface area contributed by atoms with Crippen LogP contribution >= 0.6 is 0 Å². The van der Waals surface area contributed by atoms with Crippen LogP contribution in [-0.2, 0) is 4.74 Å². The maximum atomic E-state index is 5.57. The number of benzene rings is 1. The lowest BCUT2D eigenvalue weighted by Crippen LogP contribution is -2.45. The van der Waals surface area contributed by atoms with Crippen molar-refractivity contribution in [2.75, 3.05) is 20.7 Å². The van der Waals surface area contributed by atoms with Gasteiger partial charge in [-0.05, 0) is 30.4 Å². The van der Waals surface area contributed by atoms with Crippen LogP contribution in [-0.4, -0.2) is 32.8 Å². The summed E-state index contributed by atoms with van der Waals surface area (Å²) < 4.78 is 5.57. The molecule has 124 valence electrons. The van der Waals surface area contributed by atoms with E-state index in [4.69, 9.17) is 4.74 Å². The molecule has 1 rings (SSSR count). The summed E-state index contributed by atoms with van der Waals surface area (Å²) in [7, 11) is 3.54. The molecule has 0 aliphatic carbocycles. The van der Waals surface area contributed by atoms with Crippen molar-refractivity contribution < 1.29 is 4.74 Å². The van der Waals surface area contributed by atoms with E-state index in [1.54, 1.807) is 14.2 Å². The van der Waals surface area contributed by atoms with Gasteiger partial charge >= 0.3 is 0 Å². The Morgan fingerprint density at radius 2 is 1.91 bits per heavy atom. The Bertz CT molecular complexity index is 491. The van der Waals surface area contributed by atoms with Crippen LogP contribution in [0.15, 0.2) is 29.3 Å². The van der Waals surface area contributed by atoms with Gasteiger partial charge in [-0.25, -0.2) is 0 Å². The van der Waals surface area contributed by atoms with Crippen LogP contribution in [0, 0.1) is 12.3 Å². The molecule has 1 aromatic rings. The summed E-state index contributed by atoms with van der Waals surface area (Å²) in [5.41, 5.74) is 2.65. The second-order valence-electron chi connectivity index (χ2n) is 6.77. The van der Waals surface area contributed by atoms with E-state index in [0.717, 1.165) is 12.5 Å². The number of aryl methyl sites for hydroxylation is 1. The monoisotopic (exact) mass is 305 g/mol. The quantitative estimate of drug-likeness (QED) is 0.648. The lowest BCUT2D eigenvalue weighted by molar-refractivity contribution is 0.0205. The van der Waals surface area contributed by atoms with E-state index < -0.39 is 0 Å². The molecule has 0 saturated carbocycles. The van der Waals surface area contributed by atoms with Crippen molar-refractivity contribution in [1.82, 2.24) is 10.6 Å². The number of nitrogens with zero attached hydrogens (tertiary/aromatic N) is 1. The predicted molar refractivity (Wildman–Crippen MR) is 94.3 cm³/mol. The Morgan fingerprint density at radius 1 is 1.27 bits per heavy atom. The van der Waals surface area contributed by atoms with Gasteiger partial charge in [-0.3, -0.25) is 4.99 Å². The zero-order valence-electron chi connectivity index (χ0n) is 15.0. The van der Waals surface area contributed by atoms with E-state index in [1.807, 2.05) is 0 Å². The highest BCUT2D eigenvalue weighted by atomic mass is 16.5. The smallest absolute Gasteiger partial charge is 0.191 e. The van der Waals surface area contributed by atoms with Gasteiger partial charge in [-0.1, -0.05) is 45.0 Å². The Hall–Kier alpha value is -1.55. The zero-order valence-corrected chi connectivity index (χ0v) is 15.0. The second-order valence-corrected chi connectivity index (χ2v) is 6.77. The molecule has 0 radical (unpaired) electrons. The van der Waals surface area contributed by atoms with Crippen LogP contribution in [0.25, 0.3) is 0 Å². The summed E-state index contributed by atoms with van der Waals surface area (Å²) in [5.74, 6) is 0.794. The minimum Gasteiger partial charge on any atom is -0.379 e. The van der Waals surface area contributed by atoms with E-state index in [2.05, 4.69) is 74.5 Å². The van der Waals surface area contributed by atoms with Crippen LogP contribution in [0.3, 0.4) is 0 Å². The fraction of sp³-hybridized carbons (Fsp3) is 0.611. The van der Waals surface area contributed by atoms with Crippen molar-refractivity contribution in [3.63, 3.8) is 0 Å². The topological polar surface area (TPSA) is 45.7 Å². The number of methoxy groups -OCH3 is 1. The molecule has 0 heterocycles. The molecular formula is C18H31N3O. The maximum absolute atomic E-state index is 5.57. The van der Waals surface area contributed by atoms with Crippen molar-refractivity contribution in [3.05, 3.63) is 35.4 Å². The first kappa shape index (κ1) is 18.5. The SMILES string of the molecule is CN=C(NCC(OC)C(C)(C)C)NC(C)c1ccccc1C. The predicted octanol–water partition coefficient (Wildman–Crippen LogP) is 3.28. The largest absolute Gasteiger partial charge is 0.379 e. The van der Waals surface area contributed by atoms with Crippen molar-refractivity contribution in [2.45, 2.75) is 46.8 Å². The second kappa shape index (κ2) is 8.18. The minimum absolute atomic E-state index is 0.0856. The molecule has 0 aliphatic rings. The molecule has 0 bridgehead atoms. The van der Waals surface area contributed by atoms with Gasteiger partial charge in [0.1, 0.15) is 0 Å². The lowest BCUT2D eigenvalue weighted by Gasteiger charge is -2.30. The molecule has 1 aromatic carbocycles. The molecule has 0 saturated heterocycles. The van der Waals surface area contributed by atoms with Gasteiger partial charge in [-0.15, -0.1) is 0 Å². The third-order valence-corrected chi connectivity index (χ3v) is 3.94. The first-order valence-electron chi connectivity index (χ1n) is 7.85. The Morgan fingerprint density at radius 3 is 2.41 bits per heavy atom. The van der Waals surface area contributed by atoms with Crippen molar-refractivity contribution in [3.8, 4) is 0 Å². The number of nitrogens with one attached hydrogen (secondary N) is 2. The van der Waals surface area contributed by atoms with Gasteiger partial charge in [0, 0.05) is 20.7 Å². The number of hydrogen-bond acceptors (Lipinski definition) is 2. The molecule has 2 atom stereocenters. The number of aliphatic imine (C=N–C) groups is 1. The van der Waals surface area contributed by atoms with E-state index in [-0.39, 0.29) is 17.6 Å². The summed E-state index contributed by atoms with van der Waals surface area (Å²) in [5, 5.41) is 6.80. The van der Waals surface area contributed by atoms with Gasteiger partial charge < -0.3 is 15.4 Å². The zero-order chi connectivity index (χ0) is 16.8. The van der Waals surface area contributed by atoms with Gasteiger partial charge in [-0.2, -0.15) is 0 Å². The van der Waals surface area contributed by atoms with Crippen LogP contribution < -0.4 is 10.6 Å². The number of rotatable bonds is 5. The minimum atomic E-state index is 0.0856. The Balaban J connectivity index is 2.65. The maximum Gasteiger partial charge on any atom is 0.191 e. The first-order chi connectivity index (χ1) is 10.3. The first-order valence-corrected chi connectivity index (χ1v) is 7.85. The molecule has 4 heteroatoms. The molecule has 2 N–H and O–H groups in total. The molecule has 4 nitrogen and oxygen atoms in total. The van der Waals surface area contributed by atoms with Crippen molar-refractivity contribution in [1.29, 1.82) is 0 Å². The molecule has 0 fully saturated rings. The van der Waals surface area contributed by atoms with Gasteiger partial charge in [0.2, 0.25) is 0 Å². The summed E-state index contributed by atoms with van der Waals surface area (Å²) in [6, 6.07) is 8.60. The average Bonchev–Trinajstić information content (AvgIpc) is 2.45. The molecular weight excluding hydrogens is 274 g/mol. The van der Waals surface area contributed by atoms with Crippen LogP contribution in [0.2, 0.25) is 0 Å². The highest BCUT2D eigenvalue weighted by molar-refractivity contribution is 5.80. The number of hydrogen-bond donors (Lipinski definition) is 2. The van der Waals surface area contributed by atoms with Gasteiger partial charge in [0.25, 0.3) is 0 Å². The highest BCUT2D eigenvalue weighted by Crippen LogP contribution is 2.21. The normalized spacial score (nSPS) is 15.3. The van der Waals surface area contributed by atoms with E-state index in [9.17, 15) is 0 Å². The third kappa shape index (κ3) is 5.34. The molecule has 0 amide bonds. The van der Waals surface area contributed by atoms with Crippen molar-refractivity contribution >= 4 is 5.96 Å². The Kier molecular flexibility index (Phi) is 6.88. The highest BCUT2D eigenvalue weighted by Gasteiger charge is 2.24. The van der Waals surface area contributed by atoms with Crippen LogP contribution in [0.1, 0.15) is 44.9 Å². The summed E-state index contributed by atoms with van der Waals surface area (Å²) in [4.78, 5) is 4.31. The third-order valence-electron chi connectivity index (χ3n) is 3.94. The lowest BCUT2D eigenvalue weighted by atomic mass is 9.89. The summed E-state index contributed by atoms with van der Waals surface area (Å²) in [6.45, 7) is 11.5. The van der Waals surface area contributed by atoms with Gasteiger partial charge in [0.05, 0.1) is 12.1 Å².